The highest BCUT2D eigenvalue weighted by Gasteiger charge is 2.21. The molecule has 0 aliphatic rings. The van der Waals surface area contributed by atoms with E-state index in [4.69, 9.17) is 11.6 Å². The number of benzene rings is 2. The molecule has 0 saturated carbocycles. The van der Waals surface area contributed by atoms with Crippen molar-refractivity contribution < 1.29 is 13.2 Å². The van der Waals surface area contributed by atoms with Gasteiger partial charge in [0.15, 0.2) is 9.84 Å². The molecule has 5 rings (SSSR count). The minimum absolute atomic E-state index is 0.118. The molecule has 0 spiro atoms. The first-order valence-electron chi connectivity index (χ1n) is 11.3. The van der Waals surface area contributed by atoms with Crippen LogP contribution >= 0.6 is 22.9 Å². The summed E-state index contributed by atoms with van der Waals surface area (Å²) < 4.78 is 26.5. The zero-order valence-corrected chi connectivity index (χ0v) is 22.6. The van der Waals surface area contributed by atoms with Crippen molar-refractivity contribution in [2.45, 2.75) is 31.4 Å². The van der Waals surface area contributed by atoms with E-state index in [2.05, 4.69) is 25.5 Å². The SMILES string of the molecule is Cc1ccc(C)c(S(=O)(=O)Cc2cc(-c3cc(NC(=O)c4csc(C)n4)c4cn[nH]c4c3)cnc2Cl)c1. The molecule has 1 amide bonds. The molecule has 11 heteroatoms. The first kappa shape index (κ1) is 25.1. The molecule has 0 fully saturated rings. The number of carbonyl (C=O) groups excluding carboxylic acids is 1. The second kappa shape index (κ2) is 9.70. The van der Waals surface area contributed by atoms with Gasteiger partial charge in [-0.2, -0.15) is 5.10 Å². The Kier molecular flexibility index (Phi) is 6.57. The minimum Gasteiger partial charge on any atom is -0.320 e. The van der Waals surface area contributed by atoms with Gasteiger partial charge in [0.2, 0.25) is 0 Å². The van der Waals surface area contributed by atoms with Gasteiger partial charge >= 0.3 is 0 Å². The number of hydrogen-bond acceptors (Lipinski definition) is 7. The van der Waals surface area contributed by atoms with Crippen LogP contribution < -0.4 is 5.32 Å². The molecule has 3 aromatic heterocycles. The van der Waals surface area contributed by atoms with Crippen LogP contribution in [0.3, 0.4) is 0 Å². The minimum atomic E-state index is -3.67. The Morgan fingerprint density at radius 2 is 1.89 bits per heavy atom. The Hall–Kier alpha value is -3.60. The molecule has 5 aromatic rings. The molecule has 8 nitrogen and oxygen atoms in total. The molecule has 0 atom stereocenters. The molecule has 0 bridgehead atoms. The average Bonchev–Trinajstić information content (AvgIpc) is 3.51. The van der Waals surface area contributed by atoms with Crippen LogP contribution in [-0.2, 0) is 15.6 Å². The zero-order chi connectivity index (χ0) is 26.3. The van der Waals surface area contributed by atoms with Gasteiger partial charge in [0.25, 0.3) is 5.91 Å². The van der Waals surface area contributed by atoms with Crippen LogP contribution in [-0.4, -0.2) is 34.5 Å². The number of aromatic nitrogens is 4. The highest BCUT2D eigenvalue weighted by molar-refractivity contribution is 7.90. The Morgan fingerprint density at radius 3 is 2.65 bits per heavy atom. The van der Waals surface area contributed by atoms with Gasteiger partial charge in [0, 0.05) is 28.1 Å². The monoisotopic (exact) mass is 551 g/mol. The lowest BCUT2D eigenvalue weighted by atomic mass is 10.0. The number of nitrogens with zero attached hydrogens (tertiary/aromatic N) is 3. The van der Waals surface area contributed by atoms with Gasteiger partial charge in [-0.3, -0.25) is 9.89 Å². The summed E-state index contributed by atoms with van der Waals surface area (Å²) in [5.74, 6) is -0.630. The Morgan fingerprint density at radius 1 is 1.08 bits per heavy atom. The summed E-state index contributed by atoms with van der Waals surface area (Å²) in [6.07, 6.45) is 3.20. The molecule has 188 valence electrons. The lowest BCUT2D eigenvalue weighted by molar-refractivity contribution is 0.102. The van der Waals surface area contributed by atoms with Crippen LogP contribution in [0.4, 0.5) is 5.69 Å². The quantitative estimate of drug-likeness (QED) is 0.254. The molecule has 2 aromatic carbocycles. The summed E-state index contributed by atoms with van der Waals surface area (Å²) in [5, 5.41) is 13.3. The fraction of sp³-hybridized carbons (Fsp3) is 0.154. The molecule has 0 saturated heterocycles. The molecule has 0 aliphatic heterocycles. The highest BCUT2D eigenvalue weighted by Crippen LogP contribution is 2.33. The van der Waals surface area contributed by atoms with Crippen LogP contribution in [0.25, 0.3) is 22.0 Å². The van der Waals surface area contributed by atoms with Crippen LogP contribution in [0, 0.1) is 20.8 Å². The number of pyridine rings is 1. The van der Waals surface area contributed by atoms with E-state index in [1.807, 2.05) is 26.0 Å². The highest BCUT2D eigenvalue weighted by atomic mass is 35.5. The van der Waals surface area contributed by atoms with Gasteiger partial charge in [0.05, 0.1) is 33.1 Å². The fourth-order valence-corrected chi connectivity index (χ4v) is 6.60. The third-order valence-electron chi connectivity index (χ3n) is 5.93. The van der Waals surface area contributed by atoms with Crippen molar-refractivity contribution in [3.63, 3.8) is 0 Å². The van der Waals surface area contributed by atoms with E-state index in [0.29, 0.717) is 39.2 Å². The number of carbonyl (C=O) groups is 1. The number of anilines is 1. The molecule has 37 heavy (non-hydrogen) atoms. The number of rotatable bonds is 6. The smallest absolute Gasteiger partial charge is 0.275 e. The van der Waals surface area contributed by atoms with E-state index in [1.165, 1.54) is 11.3 Å². The Bertz CT molecular complexity index is 1780. The molecular weight excluding hydrogens is 530 g/mol. The summed E-state index contributed by atoms with van der Waals surface area (Å²) in [7, 11) is -3.67. The van der Waals surface area contributed by atoms with Crippen molar-refractivity contribution in [3.8, 4) is 11.1 Å². The lowest BCUT2D eigenvalue weighted by Gasteiger charge is -2.12. The molecule has 0 radical (unpaired) electrons. The Balaban J connectivity index is 1.52. The number of aromatic amines is 1. The third-order valence-corrected chi connectivity index (χ3v) is 8.84. The van der Waals surface area contributed by atoms with Crippen LogP contribution in [0.2, 0.25) is 5.15 Å². The Labute approximate surface area is 222 Å². The van der Waals surface area contributed by atoms with E-state index < -0.39 is 9.84 Å². The number of amides is 1. The molecule has 0 aliphatic carbocycles. The number of sulfone groups is 1. The van der Waals surface area contributed by atoms with E-state index in [0.717, 1.165) is 16.0 Å². The number of H-pyrrole nitrogens is 1. The standard InChI is InChI=1S/C26H22ClN5O3S2/c1-14-4-5-15(2)24(6-14)37(34,35)13-19-7-18(10-28-25(19)27)17-8-21(20-11-29-32-22(20)9-17)31-26(33)23-12-36-16(3)30-23/h4-12H,13H2,1-3H3,(H,29,32)(H,31,33). The van der Waals surface area contributed by atoms with Gasteiger partial charge < -0.3 is 5.32 Å². The maximum atomic E-state index is 13.3. The van der Waals surface area contributed by atoms with Gasteiger partial charge in [-0.25, -0.2) is 18.4 Å². The number of hydrogen-bond donors (Lipinski definition) is 2. The first-order valence-corrected chi connectivity index (χ1v) is 14.2. The van der Waals surface area contributed by atoms with Crippen molar-refractivity contribution >= 4 is 55.3 Å². The average molecular weight is 552 g/mol. The first-order chi connectivity index (χ1) is 17.6. The van der Waals surface area contributed by atoms with E-state index >= 15 is 0 Å². The second-order valence-corrected chi connectivity index (χ2v) is 12.1. The zero-order valence-electron chi connectivity index (χ0n) is 20.2. The molecule has 2 N–H and O–H groups in total. The van der Waals surface area contributed by atoms with Gasteiger partial charge in [0.1, 0.15) is 10.8 Å². The maximum absolute atomic E-state index is 13.3. The fourth-order valence-electron chi connectivity index (χ4n) is 4.05. The molecular formula is C26H22ClN5O3S2. The van der Waals surface area contributed by atoms with Crippen molar-refractivity contribution in [1.29, 1.82) is 0 Å². The van der Waals surface area contributed by atoms with Crippen LogP contribution in [0.1, 0.15) is 32.2 Å². The molecule has 0 unspecified atom stereocenters. The second-order valence-electron chi connectivity index (χ2n) is 8.76. The van der Waals surface area contributed by atoms with E-state index in [9.17, 15) is 13.2 Å². The van der Waals surface area contributed by atoms with Crippen LogP contribution in [0.15, 0.2) is 59.1 Å². The summed E-state index contributed by atoms with van der Waals surface area (Å²) in [4.78, 5) is 21.6. The number of halogens is 1. The van der Waals surface area contributed by atoms with Crippen molar-refractivity contribution in [3.05, 3.63) is 86.7 Å². The van der Waals surface area contributed by atoms with Crippen LogP contribution in [0.5, 0.6) is 0 Å². The predicted octanol–water partition coefficient (Wildman–Crippen LogP) is 5.89. The summed E-state index contributed by atoms with van der Waals surface area (Å²) in [5.41, 5.74) is 4.83. The van der Waals surface area contributed by atoms with E-state index in [-0.39, 0.29) is 21.7 Å². The topological polar surface area (TPSA) is 118 Å². The number of fused-ring (bicyclic) bond motifs is 1. The maximum Gasteiger partial charge on any atom is 0.275 e. The van der Waals surface area contributed by atoms with Crippen molar-refractivity contribution in [1.82, 2.24) is 20.2 Å². The number of nitrogens with one attached hydrogen (secondary N) is 2. The lowest BCUT2D eigenvalue weighted by Crippen LogP contribution is -2.12. The van der Waals surface area contributed by atoms with Crippen molar-refractivity contribution in [2.75, 3.05) is 5.32 Å². The normalized spacial score (nSPS) is 11.7. The van der Waals surface area contributed by atoms with Crippen molar-refractivity contribution in [2.24, 2.45) is 0 Å². The van der Waals surface area contributed by atoms with Gasteiger partial charge in [-0.05, 0) is 61.7 Å². The summed E-state index contributed by atoms with van der Waals surface area (Å²) in [6, 6.07) is 10.7. The number of thiazole rings is 1. The van der Waals surface area contributed by atoms with Gasteiger partial charge in [-0.1, -0.05) is 23.7 Å². The molecule has 3 heterocycles. The third kappa shape index (κ3) is 5.13. The van der Waals surface area contributed by atoms with E-state index in [1.54, 1.807) is 49.0 Å². The largest absolute Gasteiger partial charge is 0.320 e. The van der Waals surface area contributed by atoms with Gasteiger partial charge in [-0.15, -0.1) is 11.3 Å². The predicted molar refractivity (Wildman–Crippen MR) is 146 cm³/mol. The summed E-state index contributed by atoms with van der Waals surface area (Å²) in [6.45, 7) is 5.46. The summed E-state index contributed by atoms with van der Waals surface area (Å²) >= 11 is 7.74. The number of aryl methyl sites for hydroxylation is 3.